The van der Waals surface area contributed by atoms with E-state index in [1.54, 1.807) is 0 Å². The number of hydrogen-bond acceptors (Lipinski definition) is 2. The number of primary amides is 1. The number of amides is 1. The molecule has 0 atom stereocenters. The summed E-state index contributed by atoms with van der Waals surface area (Å²) >= 11 is 0. The molecular weight excluding hydrogens is 201 g/mol. The molecule has 1 rings (SSSR count). The van der Waals surface area contributed by atoms with E-state index < -0.39 is 17.7 Å². The van der Waals surface area contributed by atoms with Crippen molar-refractivity contribution in [3.63, 3.8) is 0 Å². The van der Waals surface area contributed by atoms with Crippen LogP contribution in [0.5, 0.6) is 0 Å². The van der Waals surface area contributed by atoms with E-state index in [1.807, 2.05) is 5.92 Å². The van der Waals surface area contributed by atoms with Gasteiger partial charge in [0.25, 0.3) is 5.91 Å². The third-order valence-electron chi connectivity index (χ3n) is 1.47. The standard InChI is InChI=1S/C10H6FNO3/c11-8-4-6(1-2-9(12)13)3-7(5-8)10(14)15/h3-5H,(H2,12,13)(H,14,15). The van der Waals surface area contributed by atoms with Gasteiger partial charge in [-0.25, -0.2) is 9.18 Å². The number of carbonyl (C=O) groups is 2. The Morgan fingerprint density at radius 3 is 2.53 bits per heavy atom. The van der Waals surface area contributed by atoms with Crippen LogP contribution in [0.25, 0.3) is 0 Å². The number of aromatic carboxylic acids is 1. The lowest BCUT2D eigenvalue weighted by Gasteiger charge is -1.96. The second-order valence-electron chi connectivity index (χ2n) is 2.65. The Morgan fingerprint density at radius 1 is 1.33 bits per heavy atom. The number of halogens is 1. The number of carboxylic acid groups (broad SMARTS) is 1. The normalized spacial score (nSPS) is 8.87. The summed E-state index contributed by atoms with van der Waals surface area (Å²) in [6.07, 6.45) is 0. The maximum atomic E-state index is 12.9. The number of carboxylic acids is 1. The summed E-state index contributed by atoms with van der Waals surface area (Å²) < 4.78 is 12.9. The lowest BCUT2D eigenvalue weighted by atomic mass is 10.1. The largest absolute Gasteiger partial charge is 0.478 e. The zero-order valence-electron chi connectivity index (χ0n) is 7.45. The summed E-state index contributed by atoms with van der Waals surface area (Å²) in [5.74, 6) is 1.37. The van der Waals surface area contributed by atoms with Crippen molar-refractivity contribution in [2.45, 2.75) is 0 Å². The monoisotopic (exact) mass is 207 g/mol. The van der Waals surface area contributed by atoms with Crippen LogP contribution in [0.1, 0.15) is 15.9 Å². The van der Waals surface area contributed by atoms with Crippen LogP contribution in [0.15, 0.2) is 18.2 Å². The van der Waals surface area contributed by atoms with Gasteiger partial charge in [-0.05, 0) is 24.1 Å². The molecule has 0 spiro atoms. The van der Waals surface area contributed by atoms with Crippen LogP contribution >= 0.6 is 0 Å². The quantitative estimate of drug-likeness (QED) is 0.652. The minimum absolute atomic E-state index is 0.0891. The van der Waals surface area contributed by atoms with Gasteiger partial charge in [0.1, 0.15) is 5.82 Å². The van der Waals surface area contributed by atoms with Gasteiger partial charge in [0.2, 0.25) is 0 Å². The SMILES string of the molecule is NC(=O)C#Cc1cc(F)cc(C(=O)O)c1. The van der Waals surface area contributed by atoms with Crippen LogP contribution in [0.3, 0.4) is 0 Å². The average Bonchev–Trinajstić information content (AvgIpc) is 2.13. The van der Waals surface area contributed by atoms with Gasteiger partial charge in [0, 0.05) is 5.56 Å². The van der Waals surface area contributed by atoms with Crippen molar-refractivity contribution in [1.29, 1.82) is 0 Å². The molecule has 0 bridgehead atoms. The molecule has 1 aromatic carbocycles. The van der Waals surface area contributed by atoms with Crippen LogP contribution in [0.4, 0.5) is 4.39 Å². The predicted molar refractivity (Wildman–Crippen MR) is 49.4 cm³/mol. The molecule has 0 heterocycles. The molecule has 15 heavy (non-hydrogen) atoms. The van der Waals surface area contributed by atoms with Gasteiger partial charge in [-0.3, -0.25) is 4.79 Å². The Kier molecular flexibility index (Phi) is 3.03. The first-order chi connectivity index (χ1) is 6.99. The van der Waals surface area contributed by atoms with Gasteiger partial charge in [0.05, 0.1) is 5.56 Å². The van der Waals surface area contributed by atoms with Crippen LogP contribution < -0.4 is 5.73 Å². The molecule has 76 valence electrons. The Labute approximate surface area is 84.5 Å². The van der Waals surface area contributed by atoms with E-state index >= 15 is 0 Å². The fourth-order valence-electron chi connectivity index (χ4n) is 0.919. The van der Waals surface area contributed by atoms with E-state index in [9.17, 15) is 14.0 Å². The van der Waals surface area contributed by atoms with E-state index in [2.05, 4.69) is 5.92 Å². The van der Waals surface area contributed by atoms with E-state index in [0.29, 0.717) is 0 Å². The molecule has 1 amide bonds. The van der Waals surface area contributed by atoms with Gasteiger partial charge in [-0.2, -0.15) is 0 Å². The second kappa shape index (κ2) is 4.24. The van der Waals surface area contributed by atoms with Gasteiger partial charge < -0.3 is 10.8 Å². The highest BCUT2D eigenvalue weighted by molar-refractivity contribution is 5.93. The highest BCUT2D eigenvalue weighted by Crippen LogP contribution is 2.08. The molecule has 4 nitrogen and oxygen atoms in total. The highest BCUT2D eigenvalue weighted by atomic mass is 19.1. The number of carbonyl (C=O) groups excluding carboxylic acids is 1. The first-order valence-corrected chi connectivity index (χ1v) is 3.84. The summed E-state index contributed by atoms with van der Waals surface area (Å²) in [5, 5.41) is 8.60. The molecule has 0 unspecified atom stereocenters. The van der Waals surface area contributed by atoms with E-state index in [-0.39, 0.29) is 11.1 Å². The predicted octanol–water partition coefficient (Wildman–Crippen LogP) is 0.361. The van der Waals surface area contributed by atoms with Crippen molar-refractivity contribution in [2.24, 2.45) is 5.73 Å². The molecule has 1 aromatic rings. The fourth-order valence-corrected chi connectivity index (χ4v) is 0.919. The molecular formula is C10H6FNO3. The summed E-state index contributed by atoms with van der Waals surface area (Å²) in [5.41, 5.74) is 4.61. The van der Waals surface area contributed by atoms with Gasteiger partial charge in [-0.1, -0.05) is 5.92 Å². The minimum Gasteiger partial charge on any atom is -0.478 e. The molecule has 0 aliphatic rings. The van der Waals surface area contributed by atoms with Crippen molar-refractivity contribution >= 4 is 11.9 Å². The summed E-state index contributed by atoms with van der Waals surface area (Å²) in [6, 6.07) is 3.03. The lowest BCUT2D eigenvalue weighted by molar-refractivity contribution is -0.112. The van der Waals surface area contributed by atoms with Crippen molar-refractivity contribution in [3.05, 3.63) is 35.1 Å². The van der Waals surface area contributed by atoms with E-state index in [4.69, 9.17) is 10.8 Å². The molecule has 0 radical (unpaired) electrons. The molecule has 0 saturated heterocycles. The number of nitrogens with two attached hydrogens (primary N) is 1. The van der Waals surface area contributed by atoms with Gasteiger partial charge >= 0.3 is 5.97 Å². The van der Waals surface area contributed by atoms with Crippen LogP contribution in [-0.4, -0.2) is 17.0 Å². The van der Waals surface area contributed by atoms with Crippen molar-refractivity contribution in [2.75, 3.05) is 0 Å². The third-order valence-corrected chi connectivity index (χ3v) is 1.47. The molecule has 0 aliphatic heterocycles. The number of hydrogen-bond donors (Lipinski definition) is 2. The average molecular weight is 207 g/mol. The van der Waals surface area contributed by atoms with Crippen molar-refractivity contribution < 1.29 is 19.1 Å². The summed E-state index contributed by atoms with van der Waals surface area (Å²) in [6.45, 7) is 0. The Morgan fingerprint density at radius 2 is 2.00 bits per heavy atom. The van der Waals surface area contributed by atoms with Gasteiger partial charge in [-0.15, -0.1) is 0 Å². The van der Waals surface area contributed by atoms with Gasteiger partial charge in [0.15, 0.2) is 0 Å². The Hall–Kier alpha value is -2.35. The summed E-state index contributed by atoms with van der Waals surface area (Å²) in [4.78, 5) is 20.9. The fraction of sp³-hybridized carbons (Fsp3) is 0. The Bertz CT molecular complexity index is 485. The van der Waals surface area contributed by atoms with Crippen LogP contribution in [-0.2, 0) is 4.79 Å². The highest BCUT2D eigenvalue weighted by Gasteiger charge is 2.05. The molecule has 0 fully saturated rings. The number of rotatable bonds is 1. The molecule has 0 aromatic heterocycles. The zero-order chi connectivity index (χ0) is 11.4. The van der Waals surface area contributed by atoms with E-state index in [0.717, 1.165) is 18.2 Å². The lowest BCUT2D eigenvalue weighted by Crippen LogP contribution is -2.06. The zero-order valence-corrected chi connectivity index (χ0v) is 7.45. The molecule has 5 heteroatoms. The van der Waals surface area contributed by atoms with Crippen molar-refractivity contribution in [1.82, 2.24) is 0 Å². The maximum Gasteiger partial charge on any atom is 0.335 e. The first kappa shape index (κ1) is 10.7. The summed E-state index contributed by atoms with van der Waals surface area (Å²) in [7, 11) is 0. The Balaban J connectivity index is 3.17. The maximum absolute atomic E-state index is 12.9. The third kappa shape index (κ3) is 3.12. The first-order valence-electron chi connectivity index (χ1n) is 3.84. The van der Waals surface area contributed by atoms with E-state index in [1.165, 1.54) is 0 Å². The second-order valence-corrected chi connectivity index (χ2v) is 2.65. The minimum atomic E-state index is -1.27. The number of benzene rings is 1. The van der Waals surface area contributed by atoms with Crippen LogP contribution in [0, 0.1) is 17.7 Å². The smallest absolute Gasteiger partial charge is 0.335 e. The van der Waals surface area contributed by atoms with Crippen LogP contribution in [0.2, 0.25) is 0 Å². The van der Waals surface area contributed by atoms with Crippen molar-refractivity contribution in [3.8, 4) is 11.8 Å². The molecule has 3 N–H and O–H groups in total. The molecule has 0 aliphatic carbocycles. The molecule has 0 saturated carbocycles. The topological polar surface area (TPSA) is 80.4 Å².